The molecule has 2 aliphatic carbocycles. The number of nitrogens with one attached hydrogen (secondary N) is 1. The van der Waals surface area contributed by atoms with E-state index in [0.717, 1.165) is 35.2 Å². The van der Waals surface area contributed by atoms with E-state index < -0.39 is 0 Å². The largest absolute Gasteiger partial charge is 0.311 e. The first-order valence-corrected chi connectivity index (χ1v) is 12.3. The van der Waals surface area contributed by atoms with Gasteiger partial charge >= 0.3 is 0 Å². The molecule has 5 rings (SSSR count). The van der Waals surface area contributed by atoms with Gasteiger partial charge in [-0.2, -0.15) is 0 Å². The summed E-state index contributed by atoms with van der Waals surface area (Å²) in [6, 6.07) is 7.00. The monoisotopic (exact) mass is 422 g/mol. The zero-order valence-corrected chi connectivity index (χ0v) is 18.3. The van der Waals surface area contributed by atoms with Gasteiger partial charge < -0.3 is 5.32 Å². The lowest BCUT2D eigenvalue weighted by atomic mass is 9.90. The highest BCUT2D eigenvalue weighted by Gasteiger charge is 2.26. The maximum absolute atomic E-state index is 13.2. The first-order valence-electron chi connectivity index (χ1n) is 11.4. The van der Waals surface area contributed by atoms with E-state index in [-0.39, 0.29) is 5.56 Å². The minimum atomic E-state index is 0.0783. The van der Waals surface area contributed by atoms with Crippen LogP contribution in [0, 0.1) is 0 Å². The fourth-order valence-electron chi connectivity index (χ4n) is 5.08. The number of hydrogen-bond donors (Lipinski definition) is 1. The third kappa shape index (κ3) is 4.21. The molecule has 158 valence electrons. The van der Waals surface area contributed by atoms with Crippen molar-refractivity contribution in [2.24, 2.45) is 0 Å². The molecule has 0 spiro atoms. The van der Waals surface area contributed by atoms with Gasteiger partial charge in [0.2, 0.25) is 0 Å². The quantitative estimate of drug-likeness (QED) is 0.674. The Labute approximate surface area is 181 Å². The Kier molecular flexibility index (Phi) is 5.95. The van der Waals surface area contributed by atoms with Crippen LogP contribution in [-0.4, -0.2) is 26.6 Å². The number of rotatable bonds is 4. The van der Waals surface area contributed by atoms with Gasteiger partial charge in [0.05, 0.1) is 24.0 Å². The Hall–Kier alpha value is -2.05. The predicted molar refractivity (Wildman–Crippen MR) is 122 cm³/mol. The summed E-state index contributed by atoms with van der Waals surface area (Å²) in [6.45, 7) is 0.471. The number of nitrogens with zero attached hydrogens (tertiary/aromatic N) is 3. The van der Waals surface area contributed by atoms with Gasteiger partial charge in [0.1, 0.15) is 4.83 Å². The van der Waals surface area contributed by atoms with Crippen molar-refractivity contribution in [1.82, 2.24) is 19.9 Å². The topological polar surface area (TPSA) is 59.8 Å². The summed E-state index contributed by atoms with van der Waals surface area (Å²) in [5.41, 5.74) is 2.21. The number of aromatic nitrogens is 3. The van der Waals surface area contributed by atoms with Crippen molar-refractivity contribution >= 4 is 21.6 Å². The summed E-state index contributed by atoms with van der Waals surface area (Å²) in [6.07, 6.45) is 16.1. The molecule has 0 aromatic carbocycles. The summed E-state index contributed by atoms with van der Waals surface area (Å²) >= 11 is 1.72. The third-order valence-corrected chi connectivity index (χ3v) is 7.83. The molecular weight excluding hydrogens is 392 g/mol. The second kappa shape index (κ2) is 8.98. The first kappa shape index (κ1) is 19.9. The fourth-order valence-corrected chi connectivity index (χ4v) is 6.34. The van der Waals surface area contributed by atoms with E-state index in [2.05, 4.69) is 15.3 Å². The molecule has 30 heavy (non-hydrogen) atoms. The molecule has 0 unspecified atom stereocenters. The molecule has 0 saturated heterocycles. The number of hydrogen-bond acceptors (Lipinski definition) is 5. The summed E-state index contributed by atoms with van der Waals surface area (Å²) in [5.74, 6) is 0. The van der Waals surface area contributed by atoms with Crippen molar-refractivity contribution in [1.29, 1.82) is 0 Å². The van der Waals surface area contributed by atoms with Crippen LogP contribution in [0.2, 0.25) is 0 Å². The molecule has 1 N–H and O–H groups in total. The summed E-state index contributed by atoms with van der Waals surface area (Å²) < 4.78 is 1.70. The van der Waals surface area contributed by atoms with E-state index in [0.29, 0.717) is 18.6 Å². The highest BCUT2D eigenvalue weighted by molar-refractivity contribution is 7.18. The zero-order chi connectivity index (χ0) is 20.3. The molecule has 0 bridgehead atoms. The maximum atomic E-state index is 13.2. The molecule has 1 atom stereocenters. The smallest absolute Gasteiger partial charge is 0.262 e. The van der Waals surface area contributed by atoms with Crippen LogP contribution in [0.1, 0.15) is 67.5 Å². The molecule has 3 heterocycles. The van der Waals surface area contributed by atoms with E-state index in [1.165, 1.54) is 55.4 Å². The molecule has 0 radical (unpaired) electrons. The zero-order valence-electron chi connectivity index (χ0n) is 17.5. The highest BCUT2D eigenvalue weighted by Crippen LogP contribution is 2.34. The Morgan fingerprint density at radius 3 is 2.67 bits per heavy atom. The van der Waals surface area contributed by atoms with Crippen molar-refractivity contribution in [3.63, 3.8) is 0 Å². The summed E-state index contributed by atoms with van der Waals surface area (Å²) in [4.78, 5) is 24.5. The standard InChI is InChI=1S/C24H30N4OS/c29-24-22-20-12-11-18(27-17-8-4-2-1-3-5-9-17)14-21(20)30-23(22)26-16-28(24)15-19-10-6-7-13-25-19/h6-7,10,13,16-18,27H,1-5,8-9,11-12,14-15H2/t18-/m1/s1. The Morgan fingerprint density at radius 2 is 1.87 bits per heavy atom. The molecule has 6 heteroatoms. The average molecular weight is 423 g/mol. The molecule has 1 saturated carbocycles. The van der Waals surface area contributed by atoms with Crippen molar-refractivity contribution in [2.45, 2.75) is 82.8 Å². The molecule has 0 aliphatic heterocycles. The van der Waals surface area contributed by atoms with Gasteiger partial charge in [0.15, 0.2) is 0 Å². The molecule has 3 aromatic heterocycles. The second-order valence-corrected chi connectivity index (χ2v) is 9.91. The maximum Gasteiger partial charge on any atom is 0.262 e. The van der Waals surface area contributed by atoms with E-state index >= 15 is 0 Å². The van der Waals surface area contributed by atoms with Crippen LogP contribution in [0.4, 0.5) is 0 Å². The molecular formula is C24H30N4OS. The van der Waals surface area contributed by atoms with Crippen LogP contribution in [0.15, 0.2) is 35.5 Å². The van der Waals surface area contributed by atoms with Crippen LogP contribution < -0.4 is 10.9 Å². The third-order valence-electron chi connectivity index (χ3n) is 6.67. The van der Waals surface area contributed by atoms with E-state index in [1.54, 1.807) is 28.4 Å². The van der Waals surface area contributed by atoms with Crippen LogP contribution in [0.5, 0.6) is 0 Å². The summed E-state index contributed by atoms with van der Waals surface area (Å²) in [7, 11) is 0. The van der Waals surface area contributed by atoms with Gasteiger partial charge in [0, 0.05) is 23.2 Å². The van der Waals surface area contributed by atoms with Crippen molar-refractivity contribution in [3.05, 3.63) is 57.2 Å². The number of aryl methyl sites for hydroxylation is 1. The normalized spacial score (nSPS) is 20.6. The molecule has 0 amide bonds. The van der Waals surface area contributed by atoms with Gasteiger partial charge in [-0.3, -0.25) is 14.3 Å². The lowest BCUT2D eigenvalue weighted by Gasteiger charge is -2.29. The van der Waals surface area contributed by atoms with E-state index in [1.807, 2.05) is 18.2 Å². The predicted octanol–water partition coefficient (Wildman–Crippen LogP) is 4.46. The van der Waals surface area contributed by atoms with Gasteiger partial charge in [-0.1, -0.05) is 38.2 Å². The molecule has 1 fully saturated rings. The highest BCUT2D eigenvalue weighted by atomic mass is 32.1. The Morgan fingerprint density at radius 1 is 1.03 bits per heavy atom. The van der Waals surface area contributed by atoms with Gasteiger partial charge in [-0.05, 0) is 49.8 Å². The minimum absolute atomic E-state index is 0.0783. The fraction of sp³-hybridized carbons (Fsp3) is 0.542. The van der Waals surface area contributed by atoms with Crippen LogP contribution >= 0.6 is 11.3 Å². The lowest BCUT2D eigenvalue weighted by Crippen LogP contribution is -2.41. The summed E-state index contributed by atoms with van der Waals surface area (Å²) in [5, 5.41) is 4.81. The Balaban J connectivity index is 1.35. The van der Waals surface area contributed by atoms with Crippen LogP contribution in [0.25, 0.3) is 10.2 Å². The Bertz CT molecular complexity index is 1050. The van der Waals surface area contributed by atoms with Crippen LogP contribution in [-0.2, 0) is 19.4 Å². The van der Waals surface area contributed by atoms with Gasteiger partial charge in [0.25, 0.3) is 5.56 Å². The SMILES string of the molecule is O=c1c2c3c(sc2ncn1Cc1ccccn1)C[C@H](NC1CCCCCCC1)CC3. The van der Waals surface area contributed by atoms with E-state index in [4.69, 9.17) is 0 Å². The van der Waals surface area contributed by atoms with Crippen molar-refractivity contribution in [3.8, 4) is 0 Å². The van der Waals surface area contributed by atoms with Crippen molar-refractivity contribution in [2.75, 3.05) is 0 Å². The number of pyridine rings is 1. The lowest BCUT2D eigenvalue weighted by molar-refractivity contribution is 0.335. The molecule has 3 aromatic rings. The first-order chi connectivity index (χ1) is 14.8. The molecule has 2 aliphatic rings. The number of fused-ring (bicyclic) bond motifs is 3. The number of thiophene rings is 1. The van der Waals surface area contributed by atoms with Gasteiger partial charge in [-0.15, -0.1) is 11.3 Å². The molecule has 5 nitrogen and oxygen atoms in total. The minimum Gasteiger partial charge on any atom is -0.311 e. The van der Waals surface area contributed by atoms with E-state index in [9.17, 15) is 4.79 Å². The van der Waals surface area contributed by atoms with Crippen LogP contribution in [0.3, 0.4) is 0 Å². The van der Waals surface area contributed by atoms with Crippen molar-refractivity contribution < 1.29 is 0 Å². The van der Waals surface area contributed by atoms with Gasteiger partial charge in [-0.25, -0.2) is 4.98 Å². The average Bonchev–Trinajstić information content (AvgIpc) is 3.11. The second-order valence-electron chi connectivity index (χ2n) is 8.83.